The van der Waals surface area contributed by atoms with Gasteiger partial charge in [-0.05, 0) is 42.6 Å². The molecule has 12 heavy (non-hydrogen) atoms. The van der Waals surface area contributed by atoms with Crippen molar-refractivity contribution in [3.05, 3.63) is 17.1 Å². The highest BCUT2D eigenvalue weighted by Crippen LogP contribution is 2.58. The fraction of sp³-hybridized carbons (Fsp3) is 0.667. The molecular formula is C9H12N2S. The van der Waals surface area contributed by atoms with Crippen LogP contribution < -0.4 is 5.73 Å². The Bertz CT molecular complexity index is 283. The van der Waals surface area contributed by atoms with E-state index in [1.807, 2.05) is 6.20 Å². The number of hydrogen-bond acceptors (Lipinski definition) is 3. The third kappa shape index (κ3) is 0.866. The largest absolute Gasteiger partial charge is 0.321 e. The zero-order valence-electron chi connectivity index (χ0n) is 6.86. The molecule has 0 aromatic carbocycles. The molecule has 0 amide bonds. The number of aromatic nitrogens is 1. The second-order valence-electron chi connectivity index (χ2n) is 4.23. The standard InChI is InChI=1S/C9H12N2S/c10-9(8-4-11-12-5-8)2-6-1-7(6)3-9/h4-7H,1-3,10H2. The summed E-state index contributed by atoms with van der Waals surface area (Å²) in [5.41, 5.74) is 7.56. The van der Waals surface area contributed by atoms with Crippen LogP contribution in [0.2, 0.25) is 0 Å². The second kappa shape index (κ2) is 2.09. The minimum atomic E-state index is -0.0133. The topological polar surface area (TPSA) is 38.9 Å². The van der Waals surface area contributed by atoms with Crippen LogP contribution in [0.15, 0.2) is 11.6 Å². The smallest absolute Gasteiger partial charge is 0.0457 e. The van der Waals surface area contributed by atoms with Gasteiger partial charge in [0.25, 0.3) is 0 Å². The van der Waals surface area contributed by atoms with Gasteiger partial charge in [-0.3, -0.25) is 0 Å². The number of rotatable bonds is 1. The number of nitrogens with two attached hydrogens (primary N) is 1. The lowest BCUT2D eigenvalue weighted by Gasteiger charge is -2.24. The maximum atomic E-state index is 6.31. The highest BCUT2D eigenvalue weighted by atomic mass is 32.1. The monoisotopic (exact) mass is 180 g/mol. The Kier molecular flexibility index (Phi) is 1.23. The zero-order valence-corrected chi connectivity index (χ0v) is 7.68. The lowest BCUT2D eigenvalue weighted by Crippen LogP contribution is -2.34. The van der Waals surface area contributed by atoms with Crippen LogP contribution in [0.3, 0.4) is 0 Å². The van der Waals surface area contributed by atoms with Crippen LogP contribution in [-0.2, 0) is 5.54 Å². The molecule has 2 unspecified atom stereocenters. The molecule has 0 aliphatic heterocycles. The molecule has 2 aliphatic rings. The molecule has 3 rings (SSSR count). The SMILES string of the molecule is NC1(c2cnsc2)CC2CC2C1. The summed E-state index contributed by atoms with van der Waals surface area (Å²) < 4.78 is 4.11. The Balaban J connectivity index is 1.92. The molecule has 2 fully saturated rings. The summed E-state index contributed by atoms with van der Waals surface area (Å²) in [6.45, 7) is 0. The summed E-state index contributed by atoms with van der Waals surface area (Å²) >= 11 is 1.51. The number of nitrogens with zero attached hydrogens (tertiary/aromatic N) is 1. The second-order valence-corrected chi connectivity index (χ2v) is 4.89. The molecule has 2 nitrogen and oxygen atoms in total. The average molecular weight is 180 g/mol. The maximum Gasteiger partial charge on any atom is 0.0457 e. The minimum Gasteiger partial charge on any atom is -0.321 e. The van der Waals surface area contributed by atoms with Gasteiger partial charge in [-0.1, -0.05) is 0 Å². The van der Waals surface area contributed by atoms with Gasteiger partial charge < -0.3 is 5.73 Å². The van der Waals surface area contributed by atoms with E-state index in [0.717, 1.165) is 11.8 Å². The Labute approximate surface area is 76.0 Å². The normalized spacial score (nSPS) is 44.4. The van der Waals surface area contributed by atoms with Gasteiger partial charge in [0.1, 0.15) is 0 Å². The Morgan fingerprint density at radius 2 is 2.25 bits per heavy atom. The van der Waals surface area contributed by atoms with Crippen molar-refractivity contribution in [1.82, 2.24) is 4.37 Å². The molecule has 64 valence electrons. The molecular weight excluding hydrogens is 168 g/mol. The molecule has 0 bridgehead atoms. The Morgan fingerprint density at radius 1 is 1.50 bits per heavy atom. The van der Waals surface area contributed by atoms with E-state index in [9.17, 15) is 0 Å². The van der Waals surface area contributed by atoms with Crippen LogP contribution in [0.5, 0.6) is 0 Å². The molecule has 0 saturated heterocycles. The van der Waals surface area contributed by atoms with Crippen molar-refractivity contribution in [2.45, 2.75) is 24.8 Å². The van der Waals surface area contributed by atoms with Crippen LogP contribution in [-0.4, -0.2) is 4.37 Å². The van der Waals surface area contributed by atoms with E-state index in [1.54, 1.807) is 0 Å². The zero-order chi connectivity index (χ0) is 8.18. The third-order valence-electron chi connectivity index (χ3n) is 3.33. The molecule has 3 heteroatoms. The highest BCUT2D eigenvalue weighted by Gasteiger charge is 2.52. The van der Waals surface area contributed by atoms with Crippen molar-refractivity contribution in [2.24, 2.45) is 17.6 Å². The minimum absolute atomic E-state index is 0.0133. The fourth-order valence-electron chi connectivity index (χ4n) is 2.52. The highest BCUT2D eigenvalue weighted by molar-refractivity contribution is 7.03. The van der Waals surface area contributed by atoms with Gasteiger partial charge in [-0.25, -0.2) is 4.37 Å². The van der Waals surface area contributed by atoms with Crippen LogP contribution in [0.4, 0.5) is 0 Å². The summed E-state index contributed by atoms with van der Waals surface area (Å²) in [5.74, 6) is 1.88. The lowest BCUT2D eigenvalue weighted by molar-refractivity contribution is 0.411. The molecule has 2 saturated carbocycles. The van der Waals surface area contributed by atoms with Crippen molar-refractivity contribution in [3.63, 3.8) is 0 Å². The van der Waals surface area contributed by atoms with Gasteiger partial charge in [-0.2, -0.15) is 0 Å². The van der Waals surface area contributed by atoms with Gasteiger partial charge in [0.2, 0.25) is 0 Å². The Hall–Kier alpha value is -0.410. The van der Waals surface area contributed by atoms with Crippen molar-refractivity contribution in [2.75, 3.05) is 0 Å². The van der Waals surface area contributed by atoms with Gasteiger partial charge >= 0.3 is 0 Å². The van der Waals surface area contributed by atoms with E-state index >= 15 is 0 Å². The molecule has 2 N–H and O–H groups in total. The van der Waals surface area contributed by atoms with E-state index < -0.39 is 0 Å². The summed E-state index contributed by atoms with van der Waals surface area (Å²) in [4.78, 5) is 0. The molecule has 2 aliphatic carbocycles. The van der Waals surface area contributed by atoms with E-state index in [-0.39, 0.29) is 5.54 Å². The summed E-state index contributed by atoms with van der Waals surface area (Å²) in [6.07, 6.45) is 5.75. The summed E-state index contributed by atoms with van der Waals surface area (Å²) in [7, 11) is 0. The van der Waals surface area contributed by atoms with E-state index in [2.05, 4.69) is 9.75 Å². The first kappa shape index (κ1) is 7.04. The summed E-state index contributed by atoms with van der Waals surface area (Å²) in [5, 5.41) is 2.10. The van der Waals surface area contributed by atoms with E-state index in [4.69, 9.17) is 5.73 Å². The molecule has 0 radical (unpaired) electrons. The van der Waals surface area contributed by atoms with Crippen molar-refractivity contribution < 1.29 is 0 Å². The van der Waals surface area contributed by atoms with Crippen LogP contribution >= 0.6 is 11.5 Å². The summed E-state index contributed by atoms with van der Waals surface area (Å²) in [6, 6.07) is 0. The first-order valence-corrected chi connectivity index (χ1v) is 5.30. The number of fused-ring (bicyclic) bond motifs is 1. The Morgan fingerprint density at radius 3 is 2.83 bits per heavy atom. The lowest BCUT2D eigenvalue weighted by atomic mass is 9.89. The van der Waals surface area contributed by atoms with Crippen molar-refractivity contribution in [1.29, 1.82) is 0 Å². The van der Waals surface area contributed by atoms with Crippen molar-refractivity contribution in [3.8, 4) is 0 Å². The van der Waals surface area contributed by atoms with Gasteiger partial charge in [0, 0.05) is 22.7 Å². The predicted molar refractivity (Wildman–Crippen MR) is 48.8 cm³/mol. The fourth-order valence-corrected chi connectivity index (χ4v) is 3.16. The third-order valence-corrected chi connectivity index (χ3v) is 3.92. The molecule has 1 heterocycles. The van der Waals surface area contributed by atoms with E-state index in [1.165, 1.54) is 36.4 Å². The molecule has 2 atom stereocenters. The van der Waals surface area contributed by atoms with Gasteiger partial charge in [0.05, 0.1) is 0 Å². The first-order chi connectivity index (χ1) is 5.78. The van der Waals surface area contributed by atoms with E-state index in [0.29, 0.717) is 0 Å². The van der Waals surface area contributed by atoms with Crippen molar-refractivity contribution >= 4 is 11.5 Å². The van der Waals surface area contributed by atoms with Gasteiger partial charge in [0.15, 0.2) is 0 Å². The number of hydrogen-bond donors (Lipinski definition) is 1. The molecule has 1 aromatic heterocycles. The molecule has 0 spiro atoms. The van der Waals surface area contributed by atoms with Crippen LogP contribution in [0.1, 0.15) is 24.8 Å². The first-order valence-electron chi connectivity index (χ1n) is 4.47. The molecule has 1 aromatic rings. The van der Waals surface area contributed by atoms with Crippen LogP contribution in [0.25, 0.3) is 0 Å². The quantitative estimate of drug-likeness (QED) is 0.714. The predicted octanol–water partition coefficient (Wildman–Crippen LogP) is 1.73. The van der Waals surface area contributed by atoms with Crippen LogP contribution in [0, 0.1) is 11.8 Å². The average Bonchev–Trinajstić information content (AvgIpc) is 2.59. The van der Waals surface area contributed by atoms with Gasteiger partial charge in [-0.15, -0.1) is 0 Å². The maximum absolute atomic E-state index is 6.31.